The molecule has 0 aromatic heterocycles. The summed E-state index contributed by atoms with van der Waals surface area (Å²) < 4.78 is 46.7. The number of amides is 1. The quantitative estimate of drug-likeness (QED) is 0.0304. The van der Waals surface area contributed by atoms with E-state index < -0.39 is 156 Å². The number of ether oxygens (including phenoxy) is 4. The SMILES string of the molecule is CCCCCCCCCCCCCCCCCCCCCCC(O)C(=O)N[C@@H](COP(=O)(O)O[C@H]1[C@H](O)[C@@H](O)[C@H](O)[C@@H](O)[C@H]1O[C@H]1O[C@H](CO[C@H]2O[C@H](CO)[C@@H](O)[C@H](O)[C@@H]2O)[C@@H](O)[C@H](O)[C@H]1N)[C@H](O)C(O)CCCCCCCCCCCCCC. The third-order valence-corrected chi connectivity index (χ3v) is 18.1. The van der Waals surface area contributed by atoms with E-state index in [-0.39, 0.29) is 12.8 Å². The second-order valence-corrected chi connectivity index (χ2v) is 25.8. The zero-order chi connectivity index (χ0) is 62.7. The molecular weight excluding hydrogens is 1130 g/mol. The molecule has 25 heteroatoms. The fourth-order valence-corrected chi connectivity index (χ4v) is 12.4. The maximum Gasteiger partial charge on any atom is 0.472 e. The molecule has 17 N–H and O–H groups in total. The van der Waals surface area contributed by atoms with Gasteiger partial charge in [0, 0.05) is 0 Å². The van der Waals surface area contributed by atoms with Crippen molar-refractivity contribution in [3.63, 3.8) is 0 Å². The lowest BCUT2D eigenvalue weighted by molar-refractivity contribution is -0.334. The Balaban J connectivity index is 1.59. The third-order valence-electron chi connectivity index (χ3n) is 17.2. The van der Waals surface area contributed by atoms with Crippen LogP contribution >= 0.6 is 7.82 Å². The lowest BCUT2D eigenvalue weighted by atomic mass is 9.84. The fraction of sp³-hybridized carbons (Fsp3) is 0.983. The van der Waals surface area contributed by atoms with Crippen molar-refractivity contribution in [2.45, 2.75) is 354 Å². The highest BCUT2D eigenvalue weighted by Crippen LogP contribution is 2.48. The van der Waals surface area contributed by atoms with Crippen molar-refractivity contribution in [3.05, 3.63) is 0 Å². The number of phosphoric acid groups is 1. The van der Waals surface area contributed by atoms with Crippen molar-refractivity contribution in [2.24, 2.45) is 5.73 Å². The van der Waals surface area contributed by atoms with Crippen LogP contribution in [0, 0.1) is 0 Å². The molecule has 2 heterocycles. The number of carbonyl (C=O) groups is 1. The van der Waals surface area contributed by atoms with Gasteiger partial charge in [0.25, 0.3) is 0 Å². The predicted octanol–water partition coefficient (Wildman–Crippen LogP) is 3.79. The molecule has 0 bridgehead atoms. The van der Waals surface area contributed by atoms with Crippen molar-refractivity contribution in [3.8, 4) is 0 Å². The topological polar surface area (TPSA) is 411 Å². The number of aliphatic hydroxyl groups excluding tert-OH is 13. The number of carbonyl (C=O) groups excluding carboxylic acids is 1. The Bertz CT molecular complexity index is 1740. The summed E-state index contributed by atoms with van der Waals surface area (Å²) in [6.07, 6.45) is 2.82. The van der Waals surface area contributed by atoms with Crippen LogP contribution in [0.3, 0.4) is 0 Å². The van der Waals surface area contributed by atoms with Crippen molar-refractivity contribution >= 4 is 13.7 Å². The van der Waals surface area contributed by atoms with Crippen LogP contribution in [-0.4, -0.2) is 219 Å². The van der Waals surface area contributed by atoms with Gasteiger partial charge in [0.2, 0.25) is 5.91 Å². The number of rotatable bonds is 49. The molecular formula is C60H117N2O22P. The summed E-state index contributed by atoms with van der Waals surface area (Å²) in [7, 11) is -5.58. The van der Waals surface area contributed by atoms with Gasteiger partial charge in [0.15, 0.2) is 12.6 Å². The summed E-state index contributed by atoms with van der Waals surface area (Å²) in [5.74, 6) is -0.943. The summed E-state index contributed by atoms with van der Waals surface area (Å²) in [4.78, 5) is 24.6. The lowest BCUT2D eigenvalue weighted by Crippen LogP contribution is -2.68. The lowest BCUT2D eigenvalue weighted by Gasteiger charge is -2.47. The van der Waals surface area contributed by atoms with Gasteiger partial charge in [0.05, 0.1) is 38.0 Å². The van der Waals surface area contributed by atoms with E-state index in [1.165, 1.54) is 128 Å². The first-order chi connectivity index (χ1) is 40.7. The second kappa shape index (κ2) is 44.4. The van der Waals surface area contributed by atoms with Gasteiger partial charge in [-0.3, -0.25) is 13.8 Å². The first-order valence-corrected chi connectivity index (χ1v) is 34.3. The monoisotopic (exact) mass is 1250 g/mol. The molecule has 3 aliphatic rings. The molecule has 85 heavy (non-hydrogen) atoms. The number of unbranched alkanes of at least 4 members (excludes halogenated alkanes) is 30. The molecule has 2 saturated heterocycles. The number of nitrogens with two attached hydrogens (primary N) is 1. The Morgan fingerprint density at radius 1 is 0.506 bits per heavy atom. The minimum Gasteiger partial charge on any atom is -0.394 e. The molecule has 1 aliphatic carbocycles. The molecule has 0 radical (unpaired) electrons. The molecule has 3 unspecified atom stereocenters. The Hall–Kier alpha value is -1.14. The molecule has 0 spiro atoms. The number of nitrogens with one attached hydrogen (secondary N) is 1. The molecule has 1 amide bonds. The second-order valence-electron chi connectivity index (χ2n) is 24.4. The van der Waals surface area contributed by atoms with E-state index in [2.05, 4.69) is 19.2 Å². The number of aliphatic hydroxyl groups is 13. The maximum absolute atomic E-state index is 13.8. The minimum atomic E-state index is -5.58. The van der Waals surface area contributed by atoms with Gasteiger partial charge in [-0.2, -0.15) is 0 Å². The number of hydrogen-bond donors (Lipinski definition) is 16. The van der Waals surface area contributed by atoms with E-state index in [1.54, 1.807) is 0 Å². The van der Waals surface area contributed by atoms with Crippen LogP contribution in [0.2, 0.25) is 0 Å². The largest absolute Gasteiger partial charge is 0.472 e. The van der Waals surface area contributed by atoms with Gasteiger partial charge in [-0.05, 0) is 12.8 Å². The van der Waals surface area contributed by atoms with Gasteiger partial charge < -0.3 is 101 Å². The smallest absolute Gasteiger partial charge is 0.394 e. The average molecular weight is 1250 g/mol. The van der Waals surface area contributed by atoms with E-state index >= 15 is 0 Å². The summed E-state index contributed by atoms with van der Waals surface area (Å²) in [6, 6.07) is -3.32. The molecule has 3 rings (SSSR count). The van der Waals surface area contributed by atoms with Crippen LogP contribution in [0.4, 0.5) is 0 Å². The van der Waals surface area contributed by atoms with Crippen LogP contribution in [0.25, 0.3) is 0 Å². The average Bonchev–Trinajstić information content (AvgIpc) is 2.86. The molecule has 21 atom stereocenters. The summed E-state index contributed by atoms with van der Waals surface area (Å²) in [6.45, 7) is 1.88. The Labute approximate surface area is 506 Å². The molecule has 0 aromatic rings. The highest BCUT2D eigenvalue weighted by Gasteiger charge is 2.56. The zero-order valence-corrected chi connectivity index (χ0v) is 52.2. The van der Waals surface area contributed by atoms with Crippen LogP contribution in [0.1, 0.15) is 232 Å². The Morgan fingerprint density at radius 3 is 1.34 bits per heavy atom. The summed E-state index contributed by atoms with van der Waals surface area (Å²) in [5, 5.41) is 142. The maximum atomic E-state index is 13.8. The van der Waals surface area contributed by atoms with E-state index in [1.807, 2.05) is 0 Å². The normalized spacial score (nSPS) is 31.3. The van der Waals surface area contributed by atoms with Crippen molar-refractivity contribution < 1.29 is 109 Å². The number of phosphoric ester groups is 1. The number of hydrogen-bond acceptors (Lipinski definition) is 22. The third kappa shape index (κ3) is 28.9. The summed E-state index contributed by atoms with van der Waals surface area (Å²) in [5.41, 5.74) is 6.13. The molecule has 1 saturated carbocycles. The summed E-state index contributed by atoms with van der Waals surface area (Å²) >= 11 is 0. The standard InChI is InChI=1S/C60H117N2O22P/c1-3-5-7-9-11-13-15-17-18-19-20-21-22-23-24-26-28-30-32-34-36-42(65)58(76)62-40(46(66)41(64)35-33-31-29-27-25-16-14-12-10-8-6-4-2)38-80-85(77,78)84-57-54(74)52(72)51(71)53(73)56(57)83-59-45(61)49(69)48(68)44(82-59)39-79-60-55(75)50(70)47(67)43(37-63)81-60/h40-57,59-60,63-75H,3-39,61H2,1-2H3,(H,62,76)(H,77,78)/t40-,41?,42?,43+,44+,45+,46-,47+,48+,49+,50-,51-,52-,53+,54+,55-,56+,57-,59+,60-/m0/s1. The van der Waals surface area contributed by atoms with Gasteiger partial charge in [-0.1, -0.05) is 219 Å². The van der Waals surface area contributed by atoms with Gasteiger partial charge >= 0.3 is 7.82 Å². The molecule has 2 aliphatic heterocycles. The Kier molecular flexibility index (Phi) is 40.8. The van der Waals surface area contributed by atoms with Crippen molar-refractivity contribution in [2.75, 3.05) is 19.8 Å². The van der Waals surface area contributed by atoms with E-state index in [0.717, 1.165) is 64.2 Å². The van der Waals surface area contributed by atoms with Crippen molar-refractivity contribution in [1.82, 2.24) is 5.32 Å². The van der Waals surface area contributed by atoms with Crippen LogP contribution < -0.4 is 11.1 Å². The molecule has 504 valence electrons. The first-order valence-electron chi connectivity index (χ1n) is 32.8. The van der Waals surface area contributed by atoms with Gasteiger partial charge in [-0.25, -0.2) is 4.57 Å². The van der Waals surface area contributed by atoms with Crippen molar-refractivity contribution in [1.29, 1.82) is 0 Å². The van der Waals surface area contributed by atoms with E-state index in [0.29, 0.717) is 12.8 Å². The molecule has 0 aromatic carbocycles. The highest BCUT2D eigenvalue weighted by atomic mass is 31.2. The highest BCUT2D eigenvalue weighted by molar-refractivity contribution is 7.47. The molecule has 3 fully saturated rings. The van der Waals surface area contributed by atoms with E-state index in [9.17, 15) is 80.6 Å². The Morgan fingerprint density at radius 2 is 0.894 bits per heavy atom. The fourth-order valence-electron chi connectivity index (χ4n) is 11.4. The first kappa shape index (κ1) is 78.1. The zero-order valence-electron chi connectivity index (χ0n) is 51.3. The minimum absolute atomic E-state index is 0.0747. The van der Waals surface area contributed by atoms with Crippen LogP contribution in [0.15, 0.2) is 0 Å². The van der Waals surface area contributed by atoms with Crippen LogP contribution in [-0.2, 0) is 37.4 Å². The van der Waals surface area contributed by atoms with Gasteiger partial charge in [-0.15, -0.1) is 0 Å². The predicted molar refractivity (Wildman–Crippen MR) is 316 cm³/mol. The van der Waals surface area contributed by atoms with Crippen LogP contribution in [0.5, 0.6) is 0 Å². The molecule has 24 nitrogen and oxygen atoms in total. The van der Waals surface area contributed by atoms with E-state index in [4.69, 9.17) is 33.7 Å². The van der Waals surface area contributed by atoms with Gasteiger partial charge in [0.1, 0.15) is 91.6 Å².